The Morgan fingerprint density at radius 3 is 2.17 bits per heavy atom. The molecule has 0 bridgehead atoms. The molecule has 0 aliphatic rings. The zero-order valence-corrected chi connectivity index (χ0v) is 25.9. The number of para-hydroxylation sites is 1. The smallest absolute Gasteiger partial charge is 0.408 e. The summed E-state index contributed by atoms with van der Waals surface area (Å²) in [5.41, 5.74) is -0.243. The van der Waals surface area contributed by atoms with Gasteiger partial charge in [0.15, 0.2) is 0 Å². The monoisotopic (exact) mass is 583 g/mol. The Bertz CT molecular complexity index is 1230. The second kappa shape index (κ2) is 14.7. The zero-order chi connectivity index (χ0) is 31.7. The van der Waals surface area contributed by atoms with Crippen LogP contribution >= 0.6 is 0 Å². The van der Waals surface area contributed by atoms with E-state index in [1.54, 1.807) is 73.6 Å². The molecule has 2 rings (SSSR count). The lowest BCUT2D eigenvalue weighted by molar-refractivity contribution is -0.149. The van der Waals surface area contributed by atoms with E-state index in [1.165, 1.54) is 4.90 Å². The van der Waals surface area contributed by atoms with Crippen molar-refractivity contribution in [1.82, 2.24) is 15.5 Å². The molecule has 10 nitrogen and oxygen atoms in total. The first kappa shape index (κ1) is 34.1. The molecule has 0 saturated carbocycles. The first-order valence-electron chi connectivity index (χ1n) is 14.1. The van der Waals surface area contributed by atoms with Gasteiger partial charge in [-0.05, 0) is 66.5 Å². The molecular formula is C32H45N3O7. The topological polar surface area (TPSA) is 134 Å². The predicted octanol–water partition coefficient (Wildman–Crippen LogP) is 4.57. The average Bonchev–Trinajstić information content (AvgIpc) is 2.87. The van der Waals surface area contributed by atoms with Gasteiger partial charge >= 0.3 is 12.1 Å². The molecule has 230 valence electrons. The molecule has 0 aliphatic heterocycles. The lowest BCUT2D eigenvalue weighted by atomic mass is 9.93. The predicted molar refractivity (Wildman–Crippen MR) is 160 cm³/mol. The number of hydrogen-bond donors (Lipinski definition) is 3. The molecule has 0 fully saturated rings. The molecule has 0 spiro atoms. The maximum atomic E-state index is 14.5. The van der Waals surface area contributed by atoms with Crippen LogP contribution in [-0.4, -0.2) is 64.2 Å². The zero-order valence-electron chi connectivity index (χ0n) is 25.9. The van der Waals surface area contributed by atoms with Crippen LogP contribution < -0.4 is 10.6 Å². The molecule has 0 aliphatic carbocycles. The number of carbonyl (C=O) groups is 4. The Morgan fingerprint density at radius 2 is 1.60 bits per heavy atom. The van der Waals surface area contributed by atoms with Gasteiger partial charge in [0, 0.05) is 24.1 Å². The number of phenols is 1. The number of amides is 3. The molecule has 0 saturated heterocycles. The van der Waals surface area contributed by atoms with Crippen LogP contribution in [0.4, 0.5) is 4.79 Å². The standard InChI is InChI=1S/C32H45N3O7/c1-9-41-25(36)18-19-33-28(38)26(23-17-13-14-21(2)27(23)37)35(31(3,4)5)29(39)24(20-22-15-11-10-12-16-22)34-30(40)42-32(6,7)8/h10-17,24,26,37H,9,18-20H2,1-8H3,(H,33,38)(H,34,40). The van der Waals surface area contributed by atoms with Gasteiger partial charge in [0.1, 0.15) is 23.4 Å². The molecule has 3 N–H and O–H groups in total. The Labute approximate surface area is 248 Å². The van der Waals surface area contributed by atoms with E-state index >= 15 is 0 Å². The van der Waals surface area contributed by atoms with Crippen LogP contribution in [0.5, 0.6) is 5.75 Å². The molecule has 42 heavy (non-hydrogen) atoms. The van der Waals surface area contributed by atoms with Crippen LogP contribution in [0, 0.1) is 6.92 Å². The van der Waals surface area contributed by atoms with Crippen LogP contribution in [0.15, 0.2) is 48.5 Å². The summed E-state index contributed by atoms with van der Waals surface area (Å²) in [5.74, 6) is -1.76. The lowest BCUT2D eigenvalue weighted by Crippen LogP contribution is -2.59. The fourth-order valence-electron chi connectivity index (χ4n) is 4.43. The number of aromatic hydroxyl groups is 1. The summed E-state index contributed by atoms with van der Waals surface area (Å²) in [5, 5.41) is 16.5. The first-order chi connectivity index (χ1) is 19.5. The third-order valence-corrected chi connectivity index (χ3v) is 6.24. The third kappa shape index (κ3) is 10.1. The van der Waals surface area contributed by atoms with Crippen molar-refractivity contribution in [2.24, 2.45) is 0 Å². The summed E-state index contributed by atoms with van der Waals surface area (Å²) in [6.45, 7) is 14.0. The maximum absolute atomic E-state index is 14.5. The van der Waals surface area contributed by atoms with Crippen molar-refractivity contribution < 1.29 is 33.8 Å². The van der Waals surface area contributed by atoms with Gasteiger partial charge in [-0.15, -0.1) is 0 Å². The van der Waals surface area contributed by atoms with Crippen LogP contribution in [0.1, 0.15) is 77.6 Å². The molecule has 10 heteroatoms. The van der Waals surface area contributed by atoms with Gasteiger partial charge in [-0.3, -0.25) is 14.4 Å². The second-order valence-electron chi connectivity index (χ2n) is 12.0. The first-order valence-corrected chi connectivity index (χ1v) is 14.1. The van der Waals surface area contributed by atoms with Crippen molar-refractivity contribution >= 4 is 23.9 Å². The fraction of sp³-hybridized carbons (Fsp3) is 0.500. The highest BCUT2D eigenvalue weighted by atomic mass is 16.6. The second-order valence-corrected chi connectivity index (χ2v) is 12.0. The molecule has 2 atom stereocenters. The Balaban J connectivity index is 2.59. The SMILES string of the molecule is CCOC(=O)CCNC(=O)C(c1cccc(C)c1O)N(C(=O)C(Cc1ccccc1)NC(=O)OC(C)(C)C)C(C)(C)C. The van der Waals surface area contributed by atoms with Gasteiger partial charge in [-0.1, -0.05) is 48.5 Å². The summed E-state index contributed by atoms with van der Waals surface area (Å²) in [7, 11) is 0. The van der Waals surface area contributed by atoms with Crippen molar-refractivity contribution in [3.8, 4) is 5.75 Å². The molecular weight excluding hydrogens is 538 g/mol. The highest BCUT2D eigenvalue weighted by Gasteiger charge is 2.43. The van der Waals surface area contributed by atoms with Gasteiger partial charge in [0.2, 0.25) is 11.8 Å². The Hall–Kier alpha value is -4.08. The number of rotatable bonds is 11. The van der Waals surface area contributed by atoms with Crippen LogP contribution in [0.25, 0.3) is 0 Å². The molecule has 2 aromatic rings. The van der Waals surface area contributed by atoms with Crippen molar-refractivity contribution in [3.05, 3.63) is 65.2 Å². The molecule has 0 heterocycles. The van der Waals surface area contributed by atoms with E-state index in [2.05, 4.69) is 10.6 Å². The van der Waals surface area contributed by atoms with Gasteiger partial charge in [-0.2, -0.15) is 0 Å². The van der Waals surface area contributed by atoms with E-state index in [1.807, 2.05) is 30.3 Å². The number of phenolic OH excluding ortho intramolecular Hbond substituents is 1. The molecule has 2 unspecified atom stereocenters. The number of esters is 1. The number of aryl methyl sites for hydroxylation is 1. The highest BCUT2D eigenvalue weighted by molar-refractivity contribution is 5.93. The van der Waals surface area contributed by atoms with Crippen molar-refractivity contribution in [1.29, 1.82) is 0 Å². The number of benzene rings is 2. The Morgan fingerprint density at radius 1 is 0.952 bits per heavy atom. The van der Waals surface area contributed by atoms with E-state index in [9.17, 15) is 24.3 Å². The van der Waals surface area contributed by atoms with E-state index in [0.717, 1.165) is 5.56 Å². The van der Waals surface area contributed by atoms with Crippen LogP contribution in [0.2, 0.25) is 0 Å². The van der Waals surface area contributed by atoms with E-state index in [4.69, 9.17) is 9.47 Å². The van der Waals surface area contributed by atoms with E-state index < -0.39 is 47.1 Å². The number of nitrogens with one attached hydrogen (secondary N) is 2. The average molecular weight is 584 g/mol. The van der Waals surface area contributed by atoms with Gasteiger partial charge in [0.25, 0.3) is 0 Å². The number of nitrogens with zero attached hydrogens (tertiary/aromatic N) is 1. The van der Waals surface area contributed by atoms with Crippen molar-refractivity contribution in [3.63, 3.8) is 0 Å². The normalized spacial score (nSPS) is 13.0. The molecule has 3 amide bonds. The summed E-state index contributed by atoms with van der Waals surface area (Å²) in [6, 6.07) is 11.7. The lowest BCUT2D eigenvalue weighted by Gasteiger charge is -2.43. The summed E-state index contributed by atoms with van der Waals surface area (Å²) in [4.78, 5) is 54.5. The van der Waals surface area contributed by atoms with Gasteiger partial charge in [0.05, 0.1) is 13.0 Å². The van der Waals surface area contributed by atoms with Crippen LogP contribution in [0.3, 0.4) is 0 Å². The summed E-state index contributed by atoms with van der Waals surface area (Å²) in [6.07, 6.45) is -0.714. The largest absolute Gasteiger partial charge is 0.507 e. The minimum atomic E-state index is -1.29. The van der Waals surface area contributed by atoms with Crippen LogP contribution in [-0.2, 0) is 30.3 Å². The quantitative estimate of drug-likeness (QED) is 0.330. The summed E-state index contributed by atoms with van der Waals surface area (Å²) >= 11 is 0. The number of carbonyl (C=O) groups excluding carboxylic acids is 4. The van der Waals surface area contributed by atoms with Crippen molar-refractivity contribution in [2.45, 2.75) is 91.5 Å². The van der Waals surface area contributed by atoms with E-state index in [0.29, 0.717) is 5.56 Å². The summed E-state index contributed by atoms with van der Waals surface area (Å²) < 4.78 is 10.4. The minimum absolute atomic E-state index is 0.0312. The minimum Gasteiger partial charge on any atom is -0.507 e. The number of hydrogen-bond acceptors (Lipinski definition) is 7. The number of ether oxygens (including phenoxy) is 2. The molecule has 2 aromatic carbocycles. The Kier molecular flexibility index (Phi) is 11.9. The highest BCUT2D eigenvalue weighted by Crippen LogP contribution is 2.36. The van der Waals surface area contributed by atoms with Crippen molar-refractivity contribution in [2.75, 3.05) is 13.2 Å². The van der Waals surface area contributed by atoms with Gasteiger partial charge < -0.3 is 30.1 Å². The van der Waals surface area contributed by atoms with Gasteiger partial charge in [-0.25, -0.2) is 4.79 Å². The molecule has 0 aromatic heterocycles. The maximum Gasteiger partial charge on any atom is 0.408 e. The number of alkyl carbamates (subject to hydrolysis) is 1. The fourth-order valence-corrected chi connectivity index (χ4v) is 4.43. The molecule has 0 radical (unpaired) electrons. The third-order valence-electron chi connectivity index (χ3n) is 6.24. The van der Waals surface area contributed by atoms with E-state index in [-0.39, 0.29) is 37.3 Å².